The van der Waals surface area contributed by atoms with Gasteiger partial charge in [-0.2, -0.15) is 0 Å². The first-order chi connectivity index (χ1) is 13.9. The van der Waals surface area contributed by atoms with Crippen LogP contribution in [0.15, 0.2) is 48.5 Å². The number of para-hydroxylation sites is 1. The Kier molecular flexibility index (Phi) is 5.87. The summed E-state index contributed by atoms with van der Waals surface area (Å²) in [4.78, 5) is 39.0. The Morgan fingerprint density at radius 3 is 2.45 bits per heavy atom. The SMILES string of the molecule is CCOc1ccc(C(=O)CN2C(=O)N[C@](C)(Cc3ccccc3OC)C2=O)cc1. The monoisotopic (exact) mass is 396 g/mol. The number of nitrogens with zero attached hydrogens (tertiary/aromatic N) is 1. The van der Waals surface area contributed by atoms with Gasteiger partial charge in [0, 0.05) is 12.0 Å². The molecule has 0 aromatic heterocycles. The normalized spacial score (nSPS) is 18.5. The summed E-state index contributed by atoms with van der Waals surface area (Å²) < 4.78 is 10.7. The molecule has 2 aromatic carbocycles. The van der Waals surface area contributed by atoms with Crippen LogP contribution in [0.4, 0.5) is 4.79 Å². The van der Waals surface area contributed by atoms with Crippen molar-refractivity contribution in [2.75, 3.05) is 20.3 Å². The van der Waals surface area contributed by atoms with Crippen molar-refractivity contribution in [1.82, 2.24) is 10.2 Å². The number of hydrogen-bond donors (Lipinski definition) is 1. The number of amides is 3. The average Bonchev–Trinajstić information content (AvgIpc) is 2.92. The van der Waals surface area contributed by atoms with Crippen LogP contribution in [-0.4, -0.2) is 48.4 Å². The smallest absolute Gasteiger partial charge is 0.325 e. The van der Waals surface area contributed by atoms with Crippen molar-refractivity contribution >= 4 is 17.7 Å². The van der Waals surface area contributed by atoms with Crippen molar-refractivity contribution in [2.24, 2.45) is 0 Å². The lowest BCUT2D eigenvalue weighted by molar-refractivity contribution is -0.130. The van der Waals surface area contributed by atoms with Gasteiger partial charge >= 0.3 is 6.03 Å². The number of imide groups is 1. The van der Waals surface area contributed by atoms with Gasteiger partial charge in [0.1, 0.15) is 17.0 Å². The number of ketones is 1. The van der Waals surface area contributed by atoms with E-state index in [9.17, 15) is 14.4 Å². The highest BCUT2D eigenvalue weighted by Gasteiger charge is 2.48. The Morgan fingerprint density at radius 1 is 1.10 bits per heavy atom. The molecule has 0 radical (unpaired) electrons. The molecule has 1 aliphatic heterocycles. The van der Waals surface area contributed by atoms with E-state index in [0.717, 1.165) is 10.5 Å². The van der Waals surface area contributed by atoms with Crippen molar-refractivity contribution < 1.29 is 23.9 Å². The maximum absolute atomic E-state index is 13.0. The molecule has 1 saturated heterocycles. The highest BCUT2D eigenvalue weighted by molar-refractivity contribution is 6.11. The zero-order valence-electron chi connectivity index (χ0n) is 16.7. The molecule has 1 atom stereocenters. The number of hydrogen-bond acceptors (Lipinski definition) is 5. The van der Waals surface area contributed by atoms with E-state index in [0.29, 0.717) is 23.7 Å². The van der Waals surface area contributed by atoms with Crippen LogP contribution in [0.5, 0.6) is 11.5 Å². The second-order valence-electron chi connectivity index (χ2n) is 7.02. The summed E-state index contributed by atoms with van der Waals surface area (Å²) in [5.41, 5.74) is 0.0587. The third kappa shape index (κ3) is 4.23. The van der Waals surface area contributed by atoms with Gasteiger partial charge in [-0.05, 0) is 49.7 Å². The van der Waals surface area contributed by atoms with Crippen LogP contribution >= 0.6 is 0 Å². The second kappa shape index (κ2) is 8.34. The van der Waals surface area contributed by atoms with E-state index < -0.39 is 17.5 Å². The van der Waals surface area contributed by atoms with Crippen molar-refractivity contribution in [3.05, 3.63) is 59.7 Å². The van der Waals surface area contributed by atoms with Gasteiger partial charge in [0.05, 0.1) is 20.3 Å². The van der Waals surface area contributed by atoms with Crippen LogP contribution in [0.3, 0.4) is 0 Å². The van der Waals surface area contributed by atoms with E-state index in [1.807, 2.05) is 25.1 Å². The first-order valence-corrected chi connectivity index (χ1v) is 9.40. The topological polar surface area (TPSA) is 84.9 Å². The minimum absolute atomic E-state index is 0.259. The van der Waals surface area contributed by atoms with Gasteiger partial charge in [-0.25, -0.2) is 4.79 Å². The van der Waals surface area contributed by atoms with Crippen molar-refractivity contribution in [2.45, 2.75) is 25.8 Å². The summed E-state index contributed by atoms with van der Waals surface area (Å²) >= 11 is 0. The third-order valence-electron chi connectivity index (χ3n) is 4.87. The fourth-order valence-corrected chi connectivity index (χ4v) is 3.38. The number of benzene rings is 2. The van der Waals surface area contributed by atoms with Gasteiger partial charge < -0.3 is 14.8 Å². The molecule has 29 heavy (non-hydrogen) atoms. The molecule has 1 heterocycles. The maximum atomic E-state index is 13.0. The molecule has 1 aliphatic rings. The summed E-state index contributed by atoms with van der Waals surface area (Å²) in [7, 11) is 1.55. The lowest BCUT2D eigenvalue weighted by Gasteiger charge is -2.22. The number of urea groups is 1. The van der Waals surface area contributed by atoms with E-state index in [1.165, 1.54) is 0 Å². The Bertz CT molecular complexity index is 925. The molecule has 7 nitrogen and oxygen atoms in total. The van der Waals surface area contributed by atoms with Crippen LogP contribution in [0, 0.1) is 0 Å². The Labute approximate surface area is 169 Å². The molecule has 3 amide bonds. The summed E-state index contributed by atoms with van der Waals surface area (Å²) in [6.45, 7) is 3.74. The summed E-state index contributed by atoms with van der Waals surface area (Å²) in [5.74, 6) is 0.536. The number of Topliss-reactive ketones (excluding diaryl/α,β-unsaturated/α-hetero) is 1. The Morgan fingerprint density at radius 2 is 1.79 bits per heavy atom. The molecule has 7 heteroatoms. The maximum Gasteiger partial charge on any atom is 0.325 e. The highest BCUT2D eigenvalue weighted by Crippen LogP contribution is 2.27. The van der Waals surface area contributed by atoms with Crippen LogP contribution in [0.25, 0.3) is 0 Å². The standard InChI is InChI=1S/C22H24N2O5/c1-4-29-17-11-9-15(10-12-17)18(25)14-24-20(26)22(2,23-21(24)27)13-16-7-5-6-8-19(16)28-3/h5-12H,4,13-14H2,1-3H3,(H,23,27)/t22-/m1/s1. The van der Waals surface area contributed by atoms with Gasteiger partial charge in [-0.1, -0.05) is 18.2 Å². The molecule has 2 aromatic rings. The molecule has 0 spiro atoms. The Balaban J connectivity index is 1.73. The number of methoxy groups -OCH3 is 1. The predicted molar refractivity (Wildman–Crippen MR) is 107 cm³/mol. The molecule has 0 aliphatic carbocycles. The van der Waals surface area contributed by atoms with Gasteiger partial charge in [0.2, 0.25) is 0 Å². The predicted octanol–water partition coefficient (Wildman–Crippen LogP) is 2.83. The largest absolute Gasteiger partial charge is 0.496 e. The molecule has 3 rings (SSSR count). The highest BCUT2D eigenvalue weighted by atomic mass is 16.5. The van der Waals surface area contributed by atoms with Gasteiger partial charge in [-0.3, -0.25) is 14.5 Å². The fraction of sp³-hybridized carbons (Fsp3) is 0.318. The molecule has 152 valence electrons. The van der Waals surface area contributed by atoms with Gasteiger partial charge in [-0.15, -0.1) is 0 Å². The second-order valence-corrected chi connectivity index (χ2v) is 7.02. The molecule has 0 saturated carbocycles. The zero-order valence-corrected chi connectivity index (χ0v) is 16.7. The van der Waals surface area contributed by atoms with Crippen LogP contribution in [-0.2, 0) is 11.2 Å². The van der Waals surface area contributed by atoms with Crippen LogP contribution in [0.2, 0.25) is 0 Å². The average molecular weight is 396 g/mol. The van der Waals surface area contributed by atoms with Crippen molar-refractivity contribution in [3.8, 4) is 11.5 Å². The number of nitrogens with one attached hydrogen (secondary N) is 1. The molecular weight excluding hydrogens is 372 g/mol. The molecular formula is C22H24N2O5. The fourth-order valence-electron chi connectivity index (χ4n) is 3.38. The summed E-state index contributed by atoms with van der Waals surface area (Å²) in [5, 5.41) is 2.72. The Hall–Kier alpha value is -3.35. The lowest BCUT2D eigenvalue weighted by Crippen LogP contribution is -2.46. The van der Waals surface area contributed by atoms with Crippen LogP contribution in [0.1, 0.15) is 29.8 Å². The van der Waals surface area contributed by atoms with E-state index in [2.05, 4.69) is 5.32 Å². The minimum atomic E-state index is -1.15. The van der Waals surface area contributed by atoms with Gasteiger partial charge in [0.15, 0.2) is 5.78 Å². The van der Waals surface area contributed by atoms with E-state index in [4.69, 9.17) is 9.47 Å². The number of ether oxygens (including phenoxy) is 2. The molecule has 1 fully saturated rings. The molecule has 1 N–H and O–H groups in total. The molecule has 0 unspecified atom stereocenters. The van der Waals surface area contributed by atoms with Crippen molar-refractivity contribution in [3.63, 3.8) is 0 Å². The first kappa shape index (κ1) is 20.4. The number of carbonyl (C=O) groups excluding carboxylic acids is 3. The lowest BCUT2D eigenvalue weighted by atomic mass is 9.92. The van der Waals surface area contributed by atoms with E-state index in [-0.39, 0.29) is 18.7 Å². The first-order valence-electron chi connectivity index (χ1n) is 9.40. The minimum Gasteiger partial charge on any atom is -0.496 e. The summed E-state index contributed by atoms with van der Waals surface area (Å²) in [6.07, 6.45) is 0.259. The number of rotatable bonds is 8. The van der Waals surface area contributed by atoms with E-state index >= 15 is 0 Å². The summed E-state index contributed by atoms with van der Waals surface area (Å²) in [6, 6.07) is 13.4. The van der Waals surface area contributed by atoms with Crippen LogP contribution < -0.4 is 14.8 Å². The zero-order chi connectivity index (χ0) is 21.0. The quantitative estimate of drug-likeness (QED) is 0.548. The molecule has 0 bridgehead atoms. The third-order valence-corrected chi connectivity index (χ3v) is 4.87. The van der Waals surface area contributed by atoms with Gasteiger partial charge in [0.25, 0.3) is 5.91 Å². The van der Waals surface area contributed by atoms with E-state index in [1.54, 1.807) is 44.4 Å². The van der Waals surface area contributed by atoms with Crippen molar-refractivity contribution in [1.29, 1.82) is 0 Å². The number of carbonyl (C=O) groups is 3.